The average Bonchev–Trinajstić information content (AvgIpc) is 2.44. The van der Waals surface area contributed by atoms with Gasteiger partial charge in [-0.05, 0) is 42.0 Å². The van der Waals surface area contributed by atoms with Crippen LogP contribution in [0.5, 0.6) is 5.75 Å². The van der Waals surface area contributed by atoms with Crippen LogP contribution in [0.4, 0.5) is 10.1 Å². The van der Waals surface area contributed by atoms with Gasteiger partial charge < -0.3 is 15.2 Å². The number of carbonyl (C=O) groups excluding carboxylic acids is 1. The zero-order chi connectivity index (χ0) is 15.4. The van der Waals surface area contributed by atoms with Gasteiger partial charge in [-0.25, -0.2) is 9.18 Å². The maximum Gasteiger partial charge on any atom is 0.338 e. The number of halogens is 2. The van der Waals surface area contributed by atoms with Crippen molar-refractivity contribution in [1.29, 1.82) is 0 Å². The molecule has 0 saturated heterocycles. The number of nitrogens with two attached hydrogens (primary N) is 1. The van der Waals surface area contributed by atoms with E-state index in [2.05, 4.69) is 15.9 Å². The molecule has 0 fully saturated rings. The number of rotatable bonds is 4. The summed E-state index contributed by atoms with van der Waals surface area (Å²) in [5, 5.41) is 0. The number of hydrogen-bond donors (Lipinski definition) is 1. The fourth-order valence-corrected chi connectivity index (χ4v) is 2.28. The lowest BCUT2D eigenvalue weighted by molar-refractivity contribution is 0.0472. The van der Waals surface area contributed by atoms with Gasteiger partial charge in [0.2, 0.25) is 0 Å². The zero-order valence-corrected chi connectivity index (χ0v) is 12.8. The number of esters is 1. The van der Waals surface area contributed by atoms with E-state index in [1.165, 1.54) is 25.3 Å². The highest BCUT2D eigenvalue weighted by Gasteiger charge is 2.11. The van der Waals surface area contributed by atoms with Gasteiger partial charge in [0, 0.05) is 4.47 Å². The summed E-state index contributed by atoms with van der Waals surface area (Å²) >= 11 is 3.18. The minimum Gasteiger partial charge on any atom is -0.495 e. The highest BCUT2D eigenvalue weighted by molar-refractivity contribution is 9.10. The Morgan fingerprint density at radius 2 is 2.05 bits per heavy atom. The standard InChI is InChI=1S/C15H13BrFNO3/c1-20-14-6-10(2-3-13(14)18)15(19)21-8-9-4-11(16)7-12(17)5-9/h2-7H,8,18H2,1H3. The average molecular weight is 354 g/mol. The molecule has 2 rings (SSSR count). The molecule has 0 aliphatic carbocycles. The predicted octanol–water partition coefficient (Wildman–Crippen LogP) is 3.54. The van der Waals surface area contributed by atoms with Crippen LogP contribution in [-0.2, 0) is 11.3 Å². The number of methoxy groups -OCH3 is 1. The van der Waals surface area contributed by atoms with Crippen LogP contribution < -0.4 is 10.5 Å². The molecule has 0 spiro atoms. The van der Waals surface area contributed by atoms with Crippen molar-refractivity contribution in [2.75, 3.05) is 12.8 Å². The van der Waals surface area contributed by atoms with Crippen LogP contribution >= 0.6 is 15.9 Å². The van der Waals surface area contributed by atoms with E-state index in [9.17, 15) is 9.18 Å². The van der Waals surface area contributed by atoms with E-state index in [0.29, 0.717) is 27.0 Å². The molecule has 0 heterocycles. The number of benzene rings is 2. The van der Waals surface area contributed by atoms with Crippen LogP contribution in [0.1, 0.15) is 15.9 Å². The second kappa shape index (κ2) is 6.58. The molecule has 0 bridgehead atoms. The topological polar surface area (TPSA) is 61.5 Å². The van der Waals surface area contributed by atoms with Gasteiger partial charge in [-0.3, -0.25) is 0 Å². The number of nitrogen functional groups attached to an aromatic ring is 1. The number of ether oxygens (including phenoxy) is 2. The monoisotopic (exact) mass is 353 g/mol. The minimum atomic E-state index is -0.534. The van der Waals surface area contributed by atoms with E-state index in [4.69, 9.17) is 15.2 Å². The third-order valence-electron chi connectivity index (χ3n) is 2.76. The molecule has 0 aliphatic rings. The maximum absolute atomic E-state index is 13.2. The van der Waals surface area contributed by atoms with Gasteiger partial charge in [0.15, 0.2) is 0 Å². The molecule has 0 aromatic heterocycles. The Bertz CT molecular complexity index is 656. The molecule has 6 heteroatoms. The molecule has 0 aliphatic heterocycles. The normalized spacial score (nSPS) is 10.2. The fourth-order valence-electron chi connectivity index (χ4n) is 1.76. The molecular formula is C15H13BrFNO3. The second-order valence-electron chi connectivity index (χ2n) is 4.31. The summed E-state index contributed by atoms with van der Waals surface area (Å²) in [6, 6.07) is 8.92. The molecule has 0 radical (unpaired) electrons. The number of carbonyl (C=O) groups is 1. The van der Waals surface area contributed by atoms with Crippen molar-refractivity contribution in [3.05, 3.63) is 57.8 Å². The van der Waals surface area contributed by atoms with E-state index in [0.717, 1.165) is 0 Å². The Labute approximate surface area is 129 Å². The number of hydrogen-bond acceptors (Lipinski definition) is 4. The summed E-state index contributed by atoms with van der Waals surface area (Å²) in [6.45, 7) is -0.0259. The van der Waals surface area contributed by atoms with Crippen molar-refractivity contribution in [2.45, 2.75) is 6.61 Å². The van der Waals surface area contributed by atoms with Crippen LogP contribution in [-0.4, -0.2) is 13.1 Å². The van der Waals surface area contributed by atoms with Gasteiger partial charge >= 0.3 is 5.97 Å². The maximum atomic E-state index is 13.2. The van der Waals surface area contributed by atoms with E-state index in [-0.39, 0.29) is 6.61 Å². The van der Waals surface area contributed by atoms with Gasteiger partial charge in [0.1, 0.15) is 18.2 Å². The molecule has 0 unspecified atom stereocenters. The van der Waals surface area contributed by atoms with E-state index in [1.54, 1.807) is 18.2 Å². The molecule has 0 atom stereocenters. The van der Waals surface area contributed by atoms with Crippen LogP contribution in [0.25, 0.3) is 0 Å². The lowest BCUT2D eigenvalue weighted by Gasteiger charge is -2.08. The van der Waals surface area contributed by atoms with Crippen molar-refractivity contribution in [3.63, 3.8) is 0 Å². The minimum absolute atomic E-state index is 0.0259. The molecule has 110 valence electrons. The van der Waals surface area contributed by atoms with E-state index < -0.39 is 11.8 Å². The van der Waals surface area contributed by atoms with Crippen molar-refractivity contribution < 1.29 is 18.7 Å². The SMILES string of the molecule is COc1cc(C(=O)OCc2cc(F)cc(Br)c2)ccc1N. The van der Waals surface area contributed by atoms with Crippen LogP contribution in [0.15, 0.2) is 40.9 Å². The highest BCUT2D eigenvalue weighted by Crippen LogP contribution is 2.23. The van der Waals surface area contributed by atoms with Crippen molar-refractivity contribution in [2.24, 2.45) is 0 Å². The first-order chi connectivity index (χ1) is 9.99. The van der Waals surface area contributed by atoms with Gasteiger partial charge in [0.05, 0.1) is 18.4 Å². The van der Waals surface area contributed by atoms with Gasteiger partial charge in [-0.2, -0.15) is 0 Å². The smallest absolute Gasteiger partial charge is 0.338 e. The van der Waals surface area contributed by atoms with Crippen LogP contribution in [0.2, 0.25) is 0 Å². The summed E-state index contributed by atoms with van der Waals surface area (Å²) in [6.07, 6.45) is 0. The summed E-state index contributed by atoms with van der Waals surface area (Å²) in [5.74, 6) is -0.531. The summed E-state index contributed by atoms with van der Waals surface area (Å²) in [5.41, 5.74) is 6.98. The summed E-state index contributed by atoms with van der Waals surface area (Å²) in [4.78, 5) is 11.9. The summed E-state index contributed by atoms with van der Waals surface area (Å²) < 4.78 is 24.0. The Morgan fingerprint density at radius 1 is 1.29 bits per heavy atom. The largest absolute Gasteiger partial charge is 0.495 e. The lowest BCUT2D eigenvalue weighted by Crippen LogP contribution is -2.06. The van der Waals surface area contributed by atoms with Crippen LogP contribution in [0.3, 0.4) is 0 Å². The fraction of sp³-hybridized carbons (Fsp3) is 0.133. The first kappa shape index (κ1) is 15.3. The first-order valence-electron chi connectivity index (χ1n) is 6.05. The van der Waals surface area contributed by atoms with Crippen LogP contribution in [0, 0.1) is 5.82 Å². The van der Waals surface area contributed by atoms with Crippen molar-refractivity contribution >= 4 is 27.6 Å². The third-order valence-corrected chi connectivity index (χ3v) is 3.22. The van der Waals surface area contributed by atoms with E-state index >= 15 is 0 Å². The molecule has 0 amide bonds. The van der Waals surface area contributed by atoms with Gasteiger partial charge in [-0.15, -0.1) is 0 Å². The molecule has 21 heavy (non-hydrogen) atoms. The van der Waals surface area contributed by atoms with Crippen molar-refractivity contribution in [3.8, 4) is 5.75 Å². The number of anilines is 1. The summed E-state index contributed by atoms with van der Waals surface area (Å²) in [7, 11) is 1.46. The Balaban J connectivity index is 2.08. The lowest BCUT2D eigenvalue weighted by atomic mass is 10.2. The highest BCUT2D eigenvalue weighted by atomic mass is 79.9. The van der Waals surface area contributed by atoms with Gasteiger partial charge in [0.25, 0.3) is 0 Å². The quantitative estimate of drug-likeness (QED) is 0.674. The molecular weight excluding hydrogens is 341 g/mol. The molecule has 2 N–H and O–H groups in total. The Morgan fingerprint density at radius 3 is 2.71 bits per heavy atom. The second-order valence-corrected chi connectivity index (χ2v) is 5.23. The molecule has 0 saturated carbocycles. The third kappa shape index (κ3) is 3.95. The van der Waals surface area contributed by atoms with Gasteiger partial charge in [-0.1, -0.05) is 15.9 Å². The van der Waals surface area contributed by atoms with E-state index in [1.807, 2.05) is 0 Å². The van der Waals surface area contributed by atoms with Crippen molar-refractivity contribution in [1.82, 2.24) is 0 Å². The molecule has 4 nitrogen and oxygen atoms in total. The molecule has 2 aromatic carbocycles. The predicted molar refractivity (Wildman–Crippen MR) is 80.6 cm³/mol. The Kier molecular flexibility index (Phi) is 4.80. The Hall–Kier alpha value is -2.08. The zero-order valence-electron chi connectivity index (χ0n) is 11.2. The first-order valence-corrected chi connectivity index (χ1v) is 6.84. The molecule has 2 aromatic rings.